The van der Waals surface area contributed by atoms with Gasteiger partial charge in [0, 0.05) is 36.6 Å². The maximum atomic E-state index is 13.4. The molecule has 0 spiro atoms. The maximum absolute atomic E-state index is 13.4. The molecular formula is C36H46F6N4O7. The van der Waals surface area contributed by atoms with Crippen molar-refractivity contribution in [2.24, 2.45) is 11.8 Å². The minimum Gasteiger partial charge on any atom is -0.444 e. The molecule has 0 N–H and O–H groups in total. The van der Waals surface area contributed by atoms with Crippen molar-refractivity contribution in [2.75, 3.05) is 26.3 Å². The summed E-state index contributed by atoms with van der Waals surface area (Å²) < 4.78 is 102. The Morgan fingerprint density at radius 3 is 1.60 bits per heavy atom. The highest BCUT2D eigenvalue weighted by Gasteiger charge is 2.49. The first-order valence-corrected chi connectivity index (χ1v) is 17.3. The summed E-state index contributed by atoms with van der Waals surface area (Å²) >= 11 is 0. The summed E-state index contributed by atoms with van der Waals surface area (Å²) in [5, 5.41) is 0. The monoisotopic (exact) mass is 760 g/mol. The Balaban J connectivity index is 0.000000238. The Morgan fingerprint density at radius 1 is 0.736 bits per heavy atom. The van der Waals surface area contributed by atoms with E-state index in [1.54, 1.807) is 53.7 Å². The molecule has 2 aromatic heterocycles. The summed E-state index contributed by atoms with van der Waals surface area (Å²) in [7, 11) is 0. The van der Waals surface area contributed by atoms with E-state index in [1.165, 1.54) is 34.3 Å². The van der Waals surface area contributed by atoms with Crippen LogP contribution in [0.25, 0.3) is 0 Å². The summed E-state index contributed by atoms with van der Waals surface area (Å²) in [6.07, 6.45) is -8.33. The minimum atomic E-state index is -4.37. The van der Waals surface area contributed by atoms with Gasteiger partial charge in [-0.05, 0) is 85.4 Å². The van der Waals surface area contributed by atoms with Gasteiger partial charge in [0.25, 0.3) is 0 Å². The van der Waals surface area contributed by atoms with Crippen molar-refractivity contribution in [3.05, 3.63) is 59.2 Å². The number of hydrogen-bond acceptors (Lipinski definition) is 9. The van der Waals surface area contributed by atoms with Gasteiger partial charge in [-0.15, -0.1) is 0 Å². The van der Waals surface area contributed by atoms with Crippen LogP contribution < -0.4 is 0 Å². The van der Waals surface area contributed by atoms with Crippen LogP contribution in [0, 0.1) is 11.8 Å². The lowest BCUT2D eigenvalue weighted by Gasteiger charge is -2.40. The molecule has 5 rings (SSSR count). The Bertz CT molecular complexity index is 1570. The standard InChI is InChI=1S/C19H25F3N2O4.C17H21F3N2O3/c1-18(2,3)28-17(25)24-8-6-12(19(20,21)22)11-14(24)15-13(5-4-7-23-15)16-26-9-10-27-16;1-16(2,3)25-15(24)22-8-6-12(17(18,19)20)9-13(22)14-11(10-23)5-4-7-21-14/h4-5,7,12,14,16H,6,8-11H2,1-3H3;4-5,7,10,12-13H,6,8-9H2,1-3H3. The molecule has 2 amide bonds. The summed E-state index contributed by atoms with van der Waals surface area (Å²) in [4.78, 5) is 47.4. The van der Waals surface area contributed by atoms with Crippen molar-refractivity contribution < 1.29 is 59.7 Å². The molecule has 3 aliphatic heterocycles. The summed E-state index contributed by atoms with van der Waals surface area (Å²) in [5.74, 6) is -3.07. The number of likely N-dealkylation sites (tertiary alicyclic amines) is 2. The number of carbonyl (C=O) groups is 3. The van der Waals surface area contributed by atoms with Gasteiger partial charge in [-0.1, -0.05) is 6.07 Å². The van der Waals surface area contributed by atoms with Crippen molar-refractivity contribution in [1.82, 2.24) is 19.8 Å². The minimum absolute atomic E-state index is 0.0633. The zero-order chi connectivity index (χ0) is 39.4. The van der Waals surface area contributed by atoms with Crippen LogP contribution in [0.1, 0.15) is 113 Å². The molecule has 0 saturated carbocycles. The molecule has 17 heteroatoms. The molecule has 3 saturated heterocycles. The Kier molecular flexibility index (Phi) is 13.1. The molecule has 3 aliphatic rings. The first-order valence-electron chi connectivity index (χ1n) is 17.3. The first kappa shape index (κ1) is 41.8. The highest BCUT2D eigenvalue weighted by atomic mass is 19.4. The maximum Gasteiger partial charge on any atom is 0.410 e. The van der Waals surface area contributed by atoms with Crippen LogP contribution in [0.5, 0.6) is 0 Å². The van der Waals surface area contributed by atoms with Crippen LogP contribution >= 0.6 is 0 Å². The molecule has 4 atom stereocenters. The van der Waals surface area contributed by atoms with Crippen molar-refractivity contribution in [3.63, 3.8) is 0 Å². The van der Waals surface area contributed by atoms with Gasteiger partial charge in [-0.2, -0.15) is 26.3 Å². The first-order chi connectivity index (χ1) is 24.6. The lowest BCUT2D eigenvalue weighted by Crippen LogP contribution is -2.46. The van der Waals surface area contributed by atoms with Crippen molar-refractivity contribution >= 4 is 18.5 Å². The smallest absolute Gasteiger partial charge is 0.410 e. The molecular weight excluding hydrogens is 714 g/mol. The van der Waals surface area contributed by atoms with Gasteiger partial charge < -0.3 is 18.9 Å². The lowest BCUT2D eigenvalue weighted by molar-refractivity contribution is -0.190. The van der Waals surface area contributed by atoms with E-state index in [2.05, 4.69) is 9.97 Å². The van der Waals surface area contributed by atoms with Crippen LogP contribution in [0.3, 0.4) is 0 Å². The Morgan fingerprint density at radius 2 is 1.17 bits per heavy atom. The number of halogens is 6. The molecule has 3 fully saturated rings. The highest BCUT2D eigenvalue weighted by Crippen LogP contribution is 2.45. The molecule has 5 heterocycles. The van der Waals surface area contributed by atoms with Crippen LogP contribution in [-0.4, -0.2) is 88.1 Å². The number of hydrogen-bond donors (Lipinski definition) is 0. The fourth-order valence-corrected chi connectivity index (χ4v) is 6.38. The van der Waals surface area contributed by atoms with Gasteiger partial charge >= 0.3 is 24.5 Å². The SMILES string of the molecule is CC(C)(C)OC(=O)N1CCC(C(F)(F)F)CC1c1ncccc1C1OCCO1.CC(C)(C)OC(=O)N1CCC(C(F)(F)F)CC1c1ncccc1C=O. The topological polar surface area (TPSA) is 120 Å². The third kappa shape index (κ3) is 11.3. The predicted molar refractivity (Wildman–Crippen MR) is 177 cm³/mol. The average molecular weight is 761 g/mol. The van der Waals surface area contributed by atoms with Gasteiger partial charge in [0.1, 0.15) is 11.2 Å². The van der Waals surface area contributed by atoms with Crippen LogP contribution in [0.2, 0.25) is 0 Å². The van der Waals surface area contributed by atoms with Gasteiger partial charge in [0.05, 0.1) is 48.5 Å². The number of aldehydes is 1. The predicted octanol–water partition coefficient (Wildman–Crippen LogP) is 8.52. The summed E-state index contributed by atoms with van der Waals surface area (Å²) in [6.45, 7) is 10.8. The van der Waals surface area contributed by atoms with E-state index in [0.717, 1.165) is 0 Å². The number of ether oxygens (including phenoxy) is 4. The number of piperidine rings is 2. The second kappa shape index (κ2) is 16.6. The van der Waals surface area contributed by atoms with E-state index < -0.39 is 66.0 Å². The van der Waals surface area contributed by atoms with Crippen molar-refractivity contribution in [3.8, 4) is 0 Å². The molecule has 2 aromatic rings. The number of rotatable bonds is 4. The number of aromatic nitrogens is 2. The summed E-state index contributed by atoms with van der Waals surface area (Å²) in [5.41, 5.74) is -0.301. The normalized spacial score (nSPS) is 23.2. The number of pyridine rings is 2. The van der Waals surface area contributed by atoms with Crippen LogP contribution in [0.4, 0.5) is 35.9 Å². The average Bonchev–Trinajstić information content (AvgIpc) is 3.61. The second-order valence-corrected chi connectivity index (χ2v) is 15.1. The van der Waals surface area contributed by atoms with Gasteiger partial charge in [-0.25, -0.2) is 9.59 Å². The van der Waals surface area contributed by atoms with E-state index in [4.69, 9.17) is 18.9 Å². The molecule has 0 bridgehead atoms. The number of alkyl halides is 6. The molecule has 0 aromatic carbocycles. The van der Waals surface area contributed by atoms with E-state index >= 15 is 0 Å². The van der Waals surface area contributed by atoms with Crippen molar-refractivity contribution in [1.29, 1.82) is 0 Å². The Hall–Kier alpha value is -3.99. The van der Waals surface area contributed by atoms with E-state index in [1.807, 2.05) is 0 Å². The fraction of sp³-hybridized carbons (Fsp3) is 0.639. The lowest BCUT2D eigenvalue weighted by atomic mass is 9.87. The summed E-state index contributed by atoms with van der Waals surface area (Å²) in [6, 6.07) is 4.54. The van der Waals surface area contributed by atoms with Gasteiger partial charge in [0.15, 0.2) is 12.6 Å². The number of carbonyl (C=O) groups excluding carboxylic acids is 3. The van der Waals surface area contributed by atoms with Gasteiger partial charge in [-0.3, -0.25) is 24.6 Å². The Labute approximate surface area is 304 Å². The van der Waals surface area contributed by atoms with E-state index in [0.29, 0.717) is 30.8 Å². The molecule has 0 aliphatic carbocycles. The highest BCUT2D eigenvalue weighted by molar-refractivity contribution is 5.77. The molecule has 53 heavy (non-hydrogen) atoms. The molecule has 294 valence electrons. The number of amides is 2. The molecule has 4 unspecified atom stereocenters. The fourth-order valence-electron chi connectivity index (χ4n) is 6.38. The second-order valence-electron chi connectivity index (χ2n) is 15.1. The molecule has 11 nitrogen and oxygen atoms in total. The van der Waals surface area contributed by atoms with Gasteiger partial charge in [0.2, 0.25) is 0 Å². The zero-order valence-corrected chi connectivity index (χ0v) is 30.5. The van der Waals surface area contributed by atoms with Crippen molar-refractivity contribution in [2.45, 2.75) is 109 Å². The third-order valence-corrected chi connectivity index (χ3v) is 8.76. The largest absolute Gasteiger partial charge is 0.444 e. The quantitative estimate of drug-likeness (QED) is 0.223. The zero-order valence-electron chi connectivity index (χ0n) is 30.5. The van der Waals surface area contributed by atoms with Crippen LogP contribution in [-0.2, 0) is 18.9 Å². The van der Waals surface area contributed by atoms with E-state index in [9.17, 15) is 40.7 Å². The van der Waals surface area contributed by atoms with E-state index in [-0.39, 0.29) is 50.0 Å². The number of nitrogens with zero attached hydrogens (tertiary/aromatic N) is 4. The van der Waals surface area contributed by atoms with Crippen LogP contribution in [0.15, 0.2) is 36.7 Å². The third-order valence-electron chi connectivity index (χ3n) is 8.76. The molecule has 0 radical (unpaired) electrons.